The fourth-order valence-electron chi connectivity index (χ4n) is 2.93. The Morgan fingerprint density at radius 1 is 1.28 bits per heavy atom. The maximum Gasteiger partial charge on any atom is 0.0738 e. The molecule has 2 saturated carbocycles. The molecular formula is C14H22BrN3. The summed E-state index contributed by atoms with van der Waals surface area (Å²) < 4.78 is 3.26. The lowest BCUT2D eigenvalue weighted by Gasteiger charge is -2.37. The molecule has 3 rings (SSSR count). The summed E-state index contributed by atoms with van der Waals surface area (Å²) in [6.07, 6.45) is 6.75. The van der Waals surface area contributed by atoms with Gasteiger partial charge in [-0.25, -0.2) is 0 Å². The average Bonchev–Trinajstić information content (AvgIpc) is 3.07. The molecule has 2 aliphatic rings. The molecule has 0 radical (unpaired) electrons. The van der Waals surface area contributed by atoms with Gasteiger partial charge in [0.25, 0.3) is 0 Å². The quantitative estimate of drug-likeness (QED) is 0.906. The zero-order valence-corrected chi connectivity index (χ0v) is 12.8. The van der Waals surface area contributed by atoms with Gasteiger partial charge < -0.3 is 5.32 Å². The Morgan fingerprint density at radius 2 is 2.00 bits per heavy atom. The van der Waals surface area contributed by atoms with Crippen LogP contribution < -0.4 is 5.32 Å². The molecule has 0 aliphatic heterocycles. The number of aromatic nitrogens is 2. The zero-order chi connectivity index (χ0) is 12.7. The molecule has 2 fully saturated rings. The van der Waals surface area contributed by atoms with E-state index in [-0.39, 0.29) is 0 Å². The van der Waals surface area contributed by atoms with E-state index < -0.39 is 0 Å². The van der Waals surface area contributed by atoms with Crippen molar-refractivity contribution in [2.75, 3.05) is 6.54 Å². The molecule has 0 amide bonds. The van der Waals surface area contributed by atoms with Gasteiger partial charge in [0.15, 0.2) is 0 Å². The van der Waals surface area contributed by atoms with E-state index in [9.17, 15) is 0 Å². The minimum absolute atomic E-state index is 0.844. The van der Waals surface area contributed by atoms with Crippen LogP contribution in [0.15, 0.2) is 4.47 Å². The number of rotatable bonds is 5. The summed E-state index contributed by atoms with van der Waals surface area (Å²) in [5.41, 5.74) is 2.48. The molecule has 4 heteroatoms. The van der Waals surface area contributed by atoms with E-state index in [1.165, 1.54) is 48.8 Å². The molecule has 0 spiro atoms. The van der Waals surface area contributed by atoms with Gasteiger partial charge >= 0.3 is 0 Å². The van der Waals surface area contributed by atoms with Crippen molar-refractivity contribution < 1.29 is 0 Å². The highest BCUT2D eigenvalue weighted by Gasteiger charge is 2.33. The van der Waals surface area contributed by atoms with Crippen molar-refractivity contribution in [2.45, 2.75) is 45.1 Å². The van der Waals surface area contributed by atoms with E-state index in [1.807, 2.05) is 4.68 Å². The van der Waals surface area contributed by atoms with Crippen molar-refractivity contribution in [1.29, 1.82) is 0 Å². The van der Waals surface area contributed by atoms with Crippen molar-refractivity contribution in [3.05, 3.63) is 15.9 Å². The van der Waals surface area contributed by atoms with Crippen LogP contribution in [0.3, 0.4) is 0 Å². The summed E-state index contributed by atoms with van der Waals surface area (Å²) in [5.74, 6) is 1.73. The fourth-order valence-corrected chi connectivity index (χ4v) is 3.43. The summed E-state index contributed by atoms with van der Waals surface area (Å²) in [7, 11) is 2.06. The van der Waals surface area contributed by atoms with E-state index in [2.05, 4.69) is 40.3 Å². The molecule has 2 unspecified atom stereocenters. The van der Waals surface area contributed by atoms with Gasteiger partial charge in [-0.3, -0.25) is 4.68 Å². The van der Waals surface area contributed by atoms with E-state index in [0.29, 0.717) is 0 Å². The van der Waals surface area contributed by atoms with Crippen LogP contribution in [-0.4, -0.2) is 22.4 Å². The number of nitrogens with zero attached hydrogens (tertiary/aromatic N) is 2. The van der Waals surface area contributed by atoms with Crippen LogP contribution in [0, 0.1) is 18.8 Å². The largest absolute Gasteiger partial charge is 0.314 e. The molecule has 3 nitrogen and oxygen atoms in total. The van der Waals surface area contributed by atoms with Crippen molar-refractivity contribution in [1.82, 2.24) is 15.1 Å². The van der Waals surface area contributed by atoms with Crippen LogP contribution in [0.5, 0.6) is 0 Å². The van der Waals surface area contributed by atoms with Crippen molar-refractivity contribution in [3.63, 3.8) is 0 Å². The number of hydrogen-bond donors (Lipinski definition) is 1. The highest BCUT2D eigenvalue weighted by Crippen LogP contribution is 2.38. The lowest BCUT2D eigenvalue weighted by Crippen LogP contribution is -2.37. The highest BCUT2D eigenvalue weighted by atomic mass is 79.9. The molecule has 1 aromatic rings. The smallest absolute Gasteiger partial charge is 0.0738 e. The molecule has 1 N–H and O–H groups in total. The van der Waals surface area contributed by atoms with Crippen molar-refractivity contribution >= 4 is 15.9 Å². The first-order chi connectivity index (χ1) is 8.65. The van der Waals surface area contributed by atoms with E-state index in [0.717, 1.165) is 23.6 Å². The van der Waals surface area contributed by atoms with Gasteiger partial charge in [-0.1, -0.05) is 0 Å². The highest BCUT2D eigenvalue weighted by molar-refractivity contribution is 9.10. The molecule has 0 saturated heterocycles. The van der Waals surface area contributed by atoms with E-state index in [4.69, 9.17) is 0 Å². The minimum Gasteiger partial charge on any atom is -0.314 e. The van der Waals surface area contributed by atoms with Crippen LogP contribution in [0.2, 0.25) is 0 Å². The predicted octanol–water partition coefficient (Wildman–Crippen LogP) is 2.81. The van der Waals surface area contributed by atoms with Crippen LogP contribution >= 0.6 is 15.9 Å². The Kier molecular flexibility index (Phi) is 3.50. The lowest BCUT2D eigenvalue weighted by atomic mass is 9.71. The molecule has 100 valence electrons. The van der Waals surface area contributed by atoms with Crippen LogP contribution in [0.25, 0.3) is 0 Å². The average molecular weight is 312 g/mol. The molecule has 0 aromatic carbocycles. The third-order valence-electron chi connectivity index (χ3n) is 4.54. The topological polar surface area (TPSA) is 29.9 Å². The van der Waals surface area contributed by atoms with Gasteiger partial charge in [0.05, 0.1) is 15.9 Å². The number of halogens is 1. The first kappa shape index (κ1) is 12.7. The number of hydrogen-bond acceptors (Lipinski definition) is 2. The summed E-state index contributed by atoms with van der Waals surface area (Å²) in [4.78, 5) is 0. The van der Waals surface area contributed by atoms with Crippen LogP contribution in [-0.2, 0) is 13.5 Å². The third kappa shape index (κ3) is 2.50. The Bertz CT molecular complexity index is 436. The number of nitrogens with one attached hydrogen (secondary N) is 1. The molecular weight excluding hydrogens is 290 g/mol. The van der Waals surface area contributed by atoms with Gasteiger partial charge in [-0.15, -0.1) is 0 Å². The van der Waals surface area contributed by atoms with Gasteiger partial charge in [-0.2, -0.15) is 5.10 Å². The normalized spacial score (nSPS) is 27.3. The van der Waals surface area contributed by atoms with Gasteiger partial charge in [0.2, 0.25) is 0 Å². The minimum atomic E-state index is 0.844. The second-order valence-electron chi connectivity index (χ2n) is 5.95. The molecule has 2 atom stereocenters. The third-order valence-corrected chi connectivity index (χ3v) is 5.57. The second kappa shape index (κ2) is 4.97. The molecule has 0 bridgehead atoms. The molecule has 2 aliphatic carbocycles. The SMILES string of the molecule is Cc1nn(C)c(CC2CCC2CNC2CC2)c1Br. The number of aryl methyl sites for hydroxylation is 2. The maximum absolute atomic E-state index is 4.49. The van der Waals surface area contributed by atoms with E-state index >= 15 is 0 Å². The summed E-state index contributed by atoms with van der Waals surface area (Å²) in [6, 6.07) is 0.844. The van der Waals surface area contributed by atoms with Gasteiger partial charge in [0, 0.05) is 13.1 Å². The molecule has 18 heavy (non-hydrogen) atoms. The summed E-state index contributed by atoms with van der Waals surface area (Å²) in [6.45, 7) is 3.30. The van der Waals surface area contributed by atoms with Crippen molar-refractivity contribution in [2.24, 2.45) is 18.9 Å². The Hall–Kier alpha value is -0.350. The Balaban J connectivity index is 1.58. The maximum atomic E-state index is 4.49. The standard InChI is InChI=1S/C14H22BrN3/c1-9-14(15)13(18(2)17-9)7-10-3-4-11(10)8-16-12-5-6-12/h10-12,16H,3-8H2,1-2H3. The Morgan fingerprint density at radius 3 is 2.50 bits per heavy atom. The predicted molar refractivity (Wildman–Crippen MR) is 76.6 cm³/mol. The Labute approximate surface area is 117 Å². The van der Waals surface area contributed by atoms with E-state index in [1.54, 1.807) is 0 Å². The molecule has 1 aromatic heterocycles. The van der Waals surface area contributed by atoms with Crippen molar-refractivity contribution in [3.8, 4) is 0 Å². The summed E-state index contributed by atoms with van der Waals surface area (Å²) >= 11 is 3.68. The fraction of sp³-hybridized carbons (Fsp3) is 0.786. The monoisotopic (exact) mass is 311 g/mol. The zero-order valence-electron chi connectivity index (χ0n) is 11.2. The van der Waals surface area contributed by atoms with Gasteiger partial charge in [0.1, 0.15) is 0 Å². The second-order valence-corrected chi connectivity index (χ2v) is 6.75. The first-order valence-corrected chi connectivity index (χ1v) is 7.86. The van der Waals surface area contributed by atoms with Gasteiger partial charge in [-0.05, 0) is 73.3 Å². The van der Waals surface area contributed by atoms with Crippen LogP contribution in [0.1, 0.15) is 37.1 Å². The molecule has 1 heterocycles. The lowest BCUT2D eigenvalue weighted by molar-refractivity contribution is 0.167. The van der Waals surface area contributed by atoms with Crippen LogP contribution in [0.4, 0.5) is 0 Å². The summed E-state index contributed by atoms with van der Waals surface area (Å²) in [5, 5.41) is 8.16. The first-order valence-electron chi connectivity index (χ1n) is 7.06.